The van der Waals surface area contributed by atoms with Crippen LogP contribution in [0.2, 0.25) is 0 Å². The summed E-state index contributed by atoms with van der Waals surface area (Å²) in [6.45, 7) is 0. The van der Waals surface area contributed by atoms with E-state index in [1.807, 2.05) is 0 Å². The minimum Gasteiger partial charge on any atom is -0.299 e. The van der Waals surface area contributed by atoms with Crippen LogP contribution in [-0.4, -0.2) is 26.6 Å². The van der Waals surface area contributed by atoms with E-state index in [9.17, 15) is 13.2 Å². The third-order valence-electron chi connectivity index (χ3n) is 4.34. The predicted octanol–water partition coefficient (Wildman–Crippen LogP) is 0.966. The first-order chi connectivity index (χ1) is 7.44. The molecule has 0 aromatic heterocycles. The largest absolute Gasteiger partial charge is 0.299 e. The van der Waals surface area contributed by atoms with Gasteiger partial charge in [-0.1, -0.05) is 0 Å². The Bertz CT molecular complexity index is 427. The fraction of sp³-hybridized carbons (Fsp3) is 0.909. The van der Waals surface area contributed by atoms with E-state index in [1.165, 1.54) is 0 Å². The molecule has 0 radical (unpaired) electrons. The highest BCUT2D eigenvalue weighted by Gasteiger charge is 2.54. The molecule has 0 amide bonds. The second kappa shape index (κ2) is 3.29. The number of ketones is 1. The van der Waals surface area contributed by atoms with E-state index in [4.69, 9.17) is 4.18 Å². The van der Waals surface area contributed by atoms with Crippen molar-refractivity contribution in [3.05, 3.63) is 0 Å². The smallest absolute Gasteiger partial charge is 0.264 e. The quantitative estimate of drug-likeness (QED) is 0.679. The van der Waals surface area contributed by atoms with E-state index in [-0.39, 0.29) is 29.6 Å². The molecule has 4 nitrogen and oxygen atoms in total. The molecular formula is C11H16O4S. The monoisotopic (exact) mass is 244 g/mol. The minimum absolute atomic E-state index is 0.147. The van der Waals surface area contributed by atoms with Crippen molar-refractivity contribution in [1.29, 1.82) is 0 Å². The Morgan fingerprint density at radius 2 is 1.94 bits per heavy atom. The Morgan fingerprint density at radius 3 is 2.62 bits per heavy atom. The Labute approximate surface area is 95.5 Å². The molecule has 16 heavy (non-hydrogen) atoms. The van der Waals surface area contributed by atoms with E-state index >= 15 is 0 Å². The van der Waals surface area contributed by atoms with Crippen molar-refractivity contribution in [3.63, 3.8) is 0 Å². The lowest BCUT2D eigenvalue weighted by molar-refractivity contribution is -0.151. The molecule has 4 bridgehead atoms. The fourth-order valence-electron chi connectivity index (χ4n) is 3.93. The lowest BCUT2D eigenvalue weighted by Gasteiger charge is -2.52. The number of carbonyl (C=O) groups is 1. The predicted molar refractivity (Wildman–Crippen MR) is 57.2 cm³/mol. The van der Waals surface area contributed by atoms with Gasteiger partial charge in [0, 0.05) is 11.8 Å². The number of Topliss-reactive ketones (excluding diaryl/α,β-unsaturated/α-hetero) is 1. The third kappa shape index (κ3) is 1.61. The zero-order valence-corrected chi connectivity index (χ0v) is 10.1. The molecule has 0 spiro atoms. The van der Waals surface area contributed by atoms with Crippen LogP contribution < -0.4 is 0 Å². The van der Waals surface area contributed by atoms with Crippen molar-refractivity contribution in [1.82, 2.24) is 0 Å². The van der Waals surface area contributed by atoms with Crippen molar-refractivity contribution in [2.24, 2.45) is 23.7 Å². The summed E-state index contributed by atoms with van der Waals surface area (Å²) < 4.78 is 27.5. The van der Waals surface area contributed by atoms with Gasteiger partial charge in [0.15, 0.2) is 0 Å². The van der Waals surface area contributed by atoms with Crippen LogP contribution in [0.3, 0.4) is 0 Å². The Hall–Kier alpha value is -0.420. The summed E-state index contributed by atoms with van der Waals surface area (Å²) in [6.07, 6.45) is 4.45. The van der Waals surface area contributed by atoms with Crippen molar-refractivity contribution in [3.8, 4) is 0 Å². The van der Waals surface area contributed by atoms with Crippen molar-refractivity contribution < 1.29 is 17.4 Å². The highest BCUT2D eigenvalue weighted by molar-refractivity contribution is 7.86. The van der Waals surface area contributed by atoms with Gasteiger partial charge in [0.1, 0.15) is 5.78 Å². The molecule has 0 aromatic rings. The van der Waals surface area contributed by atoms with E-state index in [2.05, 4.69) is 0 Å². The maximum absolute atomic E-state index is 12.0. The van der Waals surface area contributed by atoms with Crippen LogP contribution >= 0.6 is 0 Å². The third-order valence-corrected chi connectivity index (χ3v) is 4.92. The van der Waals surface area contributed by atoms with Gasteiger partial charge in [0.25, 0.3) is 10.1 Å². The number of hydrogen-bond acceptors (Lipinski definition) is 4. The van der Waals surface area contributed by atoms with Crippen LogP contribution in [0.1, 0.15) is 25.7 Å². The Morgan fingerprint density at radius 1 is 1.19 bits per heavy atom. The van der Waals surface area contributed by atoms with Gasteiger partial charge in [0.05, 0.1) is 12.4 Å². The van der Waals surface area contributed by atoms with Crippen molar-refractivity contribution in [2.45, 2.75) is 31.8 Å². The molecule has 90 valence electrons. The molecule has 0 N–H and O–H groups in total. The summed E-state index contributed by atoms with van der Waals surface area (Å²) in [7, 11) is -3.44. The molecule has 4 unspecified atom stereocenters. The van der Waals surface area contributed by atoms with Gasteiger partial charge in [0.2, 0.25) is 0 Å². The first-order valence-electron chi connectivity index (χ1n) is 5.86. The maximum Gasteiger partial charge on any atom is 0.264 e. The average Bonchev–Trinajstić information content (AvgIpc) is 2.17. The van der Waals surface area contributed by atoms with Crippen LogP contribution in [0.4, 0.5) is 0 Å². The summed E-state index contributed by atoms with van der Waals surface area (Å²) in [5.74, 6) is 1.22. The first-order valence-corrected chi connectivity index (χ1v) is 7.67. The van der Waals surface area contributed by atoms with Gasteiger partial charge in [-0.15, -0.1) is 0 Å². The number of hydrogen-bond donors (Lipinski definition) is 0. The highest BCUT2D eigenvalue weighted by Crippen LogP contribution is 2.53. The Balaban J connectivity index is 1.88. The minimum atomic E-state index is -3.44. The van der Waals surface area contributed by atoms with E-state index in [1.54, 1.807) is 0 Å². The maximum atomic E-state index is 12.0. The van der Waals surface area contributed by atoms with Gasteiger partial charge in [-0.05, 0) is 37.5 Å². The molecule has 5 heteroatoms. The molecule has 0 heterocycles. The SMILES string of the molecule is CS(=O)(=O)O[C@H]1C2CC3CC(C2)C(=O)C1C3. The van der Waals surface area contributed by atoms with Crippen LogP contribution in [0.5, 0.6) is 0 Å². The standard InChI is InChI=1S/C11H16O4S/c1-16(13,14)15-11-8-3-6-2-7(5-8)10(12)9(11)4-6/h6-9,11H,2-5H2,1H3/t6?,7?,8?,9?,11-/m0/s1. The lowest BCUT2D eigenvalue weighted by Crippen LogP contribution is -2.55. The molecule has 4 fully saturated rings. The topological polar surface area (TPSA) is 60.4 Å². The lowest BCUT2D eigenvalue weighted by atomic mass is 9.54. The van der Waals surface area contributed by atoms with Crippen LogP contribution in [0, 0.1) is 23.7 Å². The first kappa shape index (κ1) is 10.7. The Kier molecular flexibility index (Phi) is 2.20. The molecule has 4 aliphatic rings. The molecular weight excluding hydrogens is 228 g/mol. The zero-order chi connectivity index (χ0) is 11.5. The van der Waals surface area contributed by atoms with E-state index in [0.29, 0.717) is 5.92 Å². The van der Waals surface area contributed by atoms with Crippen molar-refractivity contribution >= 4 is 15.9 Å². The molecule has 0 aliphatic heterocycles. The molecule has 4 rings (SSSR count). The summed E-state index contributed by atoms with van der Waals surface area (Å²) in [6, 6.07) is 0. The number of rotatable bonds is 2. The van der Waals surface area contributed by atoms with Crippen LogP contribution in [-0.2, 0) is 19.1 Å². The van der Waals surface area contributed by atoms with E-state index < -0.39 is 10.1 Å². The second-order valence-corrected chi connectivity index (χ2v) is 7.14. The van der Waals surface area contributed by atoms with Gasteiger partial charge >= 0.3 is 0 Å². The summed E-state index contributed by atoms with van der Waals surface area (Å²) in [5, 5.41) is 0. The van der Waals surface area contributed by atoms with E-state index in [0.717, 1.165) is 31.9 Å². The molecule has 0 aromatic carbocycles. The second-order valence-electron chi connectivity index (χ2n) is 5.54. The highest BCUT2D eigenvalue weighted by atomic mass is 32.2. The average molecular weight is 244 g/mol. The summed E-state index contributed by atoms with van der Waals surface area (Å²) in [4.78, 5) is 12.0. The summed E-state index contributed by atoms with van der Waals surface area (Å²) >= 11 is 0. The van der Waals surface area contributed by atoms with Crippen LogP contribution in [0.15, 0.2) is 0 Å². The zero-order valence-electron chi connectivity index (χ0n) is 9.26. The van der Waals surface area contributed by atoms with Gasteiger partial charge in [-0.2, -0.15) is 8.42 Å². The normalized spacial score (nSPS) is 46.3. The van der Waals surface area contributed by atoms with Gasteiger partial charge < -0.3 is 0 Å². The molecule has 4 aliphatic carbocycles. The number of carbonyl (C=O) groups excluding carboxylic acids is 1. The van der Waals surface area contributed by atoms with Gasteiger partial charge in [-0.25, -0.2) is 0 Å². The molecule has 0 saturated heterocycles. The summed E-state index contributed by atoms with van der Waals surface area (Å²) in [5.41, 5.74) is 0. The van der Waals surface area contributed by atoms with Crippen LogP contribution in [0.25, 0.3) is 0 Å². The fourth-order valence-corrected chi connectivity index (χ4v) is 4.62. The molecule has 5 atom stereocenters. The van der Waals surface area contributed by atoms with Gasteiger partial charge in [-0.3, -0.25) is 8.98 Å². The van der Waals surface area contributed by atoms with Crippen molar-refractivity contribution in [2.75, 3.05) is 6.26 Å². The molecule has 4 saturated carbocycles.